The summed E-state index contributed by atoms with van der Waals surface area (Å²) in [6.45, 7) is 2.23. The monoisotopic (exact) mass is 238 g/mol. The molecule has 0 aromatic rings. The van der Waals surface area contributed by atoms with E-state index in [1.165, 1.54) is 5.70 Å². The molecule has 2 rings (SSSR count). The van der Waals surface area contributed by atoms with Crippen molar-refractivity contribution in [3.05, 3.63) is 35.7 Å². The highest BCUT2D eigenvalue weighted by Crippen LogP contribution is 2.32. The van der Waals surface area contributed by atoms with Crippen LogP contribution in [0.4, 0.5) is 0 Å². The molecule has 0 bridgehead atoms. The second kappa shape index (κ2) is 4.96. The largest absolute Gasteiger partial charge is 0.399 e. The average molecular weight is 239 g/mol. The zero-order chi connectivity index (χ0) is 11.5. The van der Waals surface area contributed by atoms with E-state index in [0.717, 1.165) is 25.0 Å². The van der Waals surface area contributed by atoms with E-state index < -0.39 is 0 Å². The van der Waals surface area contributed by atoms with Crippen LogP contribution in [0, 0.1) is 11.8 Å². The van der Waals surface area contributed by atoms with Crippen LogP contribution in [0.15, 0.2) is 35.7 Å². The summed E-state index contributed by atoms with van der Waals surface area (Å²) in [5, 5.41) is 3.35. The summed E-state index contributed by atoms with van der Waals surface area (Å²) in [4.78, 5) is 0. The Morgan fingerprint density at radius 1 is 1.50 bits per heavy atom. The molecule has 88 valence electrons. The lowest BCUT2D eigenvalue weighted by Gasteiger charge is -2.26. The standard InChI is InChI=1S/C13H19ClN2/c1-2-11(12-7-8-13(14)16-12)9-3-5-10(15)6-4-9/h3,5-7,9,11,13,16H,2,4,8,15H2,1H3. The maximum Gasteiger partial charge on any atom is 0.105 e. The zero-order valence-electron chi connectivity index (χ0n) is 9.62. The van der Waals surface area contributed by atoms with Gasteiger partial charge in [0.05, 0.1) is 0 Å². The van der Waals surface area contributed by atoms with E-state index in [2.05, 4.69) is 30.5 Å². The second-order valence-corrected chi connectivity index (χ2v) is 5.01. The number of nitrogens with two attached hydrogens (primary N) is 1. The normalized spacial score (nSPS) is 30.6. The lowest BCUT2D eigenvalue weighted by molar-refractivity contribution is 0.420. The van der Waals surface area contributed by atoms with Gasteiger partial charge in [0, 0.05) is 23.7 Å². The third kappa shape index (κ3) is 2.43. The van der Waals surface area contributed by atoms with Crippen LogP contribution in [0.3, 0.4) is 0 Å². The summed E-state index contributed by atoms with van der Waals surface area (Å²) in [5.41, 5.74) is 8.01. The maximum atomic E-state index is 6.06. The minimum atomic E-state index is 0.0808. The van der Waals surface area contributed by atoms with Gasteiger partial charge in [0.2, 0.25) is 0 Å². The number of rotatable bonds is 3. The summed E-state index contributed by atoms with van der Waals surface area (Å²) in [6.07, 6.45) is 11.7. The first-order chi connectivity index (χ1) is 7.70. The summed E-state index contributed by atoms with van der Waals surface area (Å²) in [5.74, 6) is 1.10. The number of allylic oxidation sites excluding steroid dienone is 4. The molecule has 0 spiro atoms. The number of alkyl halides is 1. The molecule has 2 aliphatic rings. The predicted octanol–water partition coefficient (Wildman–Crippen LogP) is 2.87. The Morgan fingerprint density at radius 2 is 2.31 bits per heavy atom. The molecule has 16 heavy (non-hydrogen) atoms. The molecule has 3 atom stereocenters. The Kier molecular flexibility index (Phi) is 3.59. The van der Waals surface area contributed by atoms with Gasteiger partial charge in [0.25, 0.3) is 0 Å². The summed E-state index contributed by atoms with van der Waals surface area (Å²) >= 11 is 6.06. The van der Waals surface area contributed by atoms with Crippen molar-refractivity contribution < 1.29 is 0 Å². The van der Waals surface area contributed by atoms with Crippen molar-refractivity contribution in [1.82, 2.24) is 5.32 Å². The molecule has 1 aliphatic heterocycles. The van der Waals surface area contributed by atoms with Gasteiger partial charge in [-0.15, -0.1) is 0 Å². The van der Waals surface area contributed by atoms with Crippen LogP contribution < -0.4 is 11.1 Å². The van der Waals surface area contributed by atoms with E-state index in [4.69, 9.17) is 17.3 Å². The molecule has 0 aromatic carbocycles. The van der Waals surface area contributed by atoms with E-state index in [-0.39, 0.29) is 5.50 Å². The van der Waals surface area contributed by atoms with Gasteiger partial charge in [-0.3, -0.25) is 0 Å². The van der Waals surface area contributed by atoms with Crippen LogP contribution in [0.1, 0.15) is 26.2 Å². The van der Waals surface area contributed by atoms with Crippen molar-refractivity contribution in [3.63, 3.8) is 0 Å². The van der Waals surface area contributed by atoms with Crippen molar-refractivity contribution in [1.29, 1.82) is 0 Å². The SMILES string of the molecule is CCC(C1=CCC(Cl)N1)C1C=CC(N)=CC1. The van der Waals surface area contributed by atoms with Crippen LogP contribution in [-0.2, 0) is 0 Å². The molecule has 0 amide bonds. The van der Waals surface area contributed by atoms with E-state index >= 15 is 0 Å². The lowest BCUT2D eigenvalue weighted by Crippen LogP contribution is -2.26. The van der Waals surface area contributed by atoms with Gasteiger partial charge in [-0.05, 0) is 24.8 Å². The molecule has 3 N–H and O–H groups in total. The highest BCUT2D eigenvalue weighted by molar-refractivity contribution is 6.20. The summed E-state index contributed by atoms with van der Waals surface area (Å²) in [7, 11) is 0. The van der Waals surface area contributed by atoms with Gasteiger partial charge in [-0.2, -0.15) is 0 Å². The minimum Gasteiger partial charge on any atom is -0.399 e. The van der Waals surface area contributed by atoms with Crippen molar-refractivity contribution >= 4 is 11.6 Å². The van der Waals surface area contributed by atoms with Gasteiger partial charge < -0.3 is 11.1 Å². The Bertz CT molecular complexity index is 344. The smallest absolute Gasteiger partial charge is 0.105 e. The maximum absolute atomic E-state index is 6.06. The molecule has 1 aliphatic carbocycles. The summed E-state index contributed by atoms with van der Waals surface area (Å²) < 4.78 is 0. The first kappa shape index (κ1) is 11.6. The Morgan fingerprint density at radius 3 is 2.81 bits per heavy atom. The fourth-order valence-corrected chi connectivity index (χ4v) is 2.71. The van der Waals surface area contributed by atoms with Crippen molar-refractivity contribution in [2.45, 2.75) is 31.7 Å². The first-order valence-corrected chi connectivity index (χ1v) is 6.39. The molecule has 3 unspecified atom stereocenters. The van der Waals surface area contributed by atoms with Crippen molar-refractivity contribution in [2.24, 2.45) is 17.6 Å². The minimum absolute atomic E-state index is 0.0808. The molecule has 0 saturated carbocycles. The van der Waals surface area contributed by atoms with Crippen LogP contribution in [0.5, 0.6) is 0 Å². The van der Waals surface area contributed by atoms with Crippen LogP contribution in [-0.4, -0.2) is 5.50 Å². The van der Waals surface area contributed by atoms with Gasteiger partial charge in [-0.25, -0.2) is 0 Å². The predicted molar refractivity (Wildman–Crippen MR) is 68.8 cm³/mol. The van der Waals surface area contributed by atoms with Crippen molar-refractivity contribution in [2.75, 3.05) is 0 Å². The number of hydrogen-bond donors (Lipinski definition) is 2. The zero-order valence-corrected chi connectivity index (χ0v) is 10.4. The van der Waals surface area contributed by atoms with E-state index in [1.54, 1.807) is 0 Å². The molecule has 2 nitrogen and oxygen atoms in total. The van der Waals surface area contributed by atoms with Gasteiger partial charge >= 0.3 is 0 Å². The molecule has 0 aromatic heterocycles. The van der Waals surface area contributed by atoms with Crippen LogP contribution in [0.2, 0.25) is 0 Å². The molecular formula is C13H19ClN2. The second-order valence-electron chi connectivity index (χ2n) is 4.48. The summed E-state index contributed by atoms with van der Waals surface area (Å²) in [6, 6.07) is 0. The van der Waals surface area contributed by atoms with Gasteiger partial charge in [0.1, 0.15) is 5.50 Å². The third-order valence-electron chi connectivity index (χ3n) is 3.39. The van der Waals surface area contributed by atoms with E-state index in [1.807, 2.05) is 6.08 Å². The molecule has 0 saturated heterocycles. The quantitative estimate of drug-likeness (QED) is 0.586. The van der Waals surface area contributed by atoms with Crippen LogP contribution >= 0.6 is 11.6 Å². The van der Waals surface area contributed by atoms with Crippen LogP contribution in [0.25, 0.3) is 0 Å². The fourth-order valence-electron chi connectivity index (χ4n) is 2.49. The molecule has 0 fully saturated rings. The molecule has 1 heterocycles. The first-order valence-electron chi connectivity index (χ1n) is 5.95. The third-order valence-corrected chi connectivity index (χ3v) is 3.67. The van der Waals surface area contributed by atoms with E-state index in [9.17, 15) is 0 Å². The number of nitrogens with one attached hydrogen (secondary N) is 1. The highest BCUT2D eigenvalue weighted by Gasteiger charge is 2.26. The average Bonchev–Trinajstić information content (AvgIpc) is 2.69. The molecular weight excluding hydrogens is 220 g/mol. The Balaban J connectivity index is 2.04. The molecule has 3 heteroatoms. The van der Waals surface area contributed by atoms with Gasteiger partial charge in [0.15, 0.2) is 0 Å². The molecule has 0 radical (unpaired) electrons. The number of halogens is 1. The lowest BCUT2D eigenvalue weighted by atomic mass is 9.82. The Labute approximate surface area is 102 Å². The fraction of sp³-hybridized carbons (Fsp3) is 0.538. The van der Waals surface area contributed by atoms with E-state index in [0.29, 0.717) is 11.8 Å². The highest BCUT2D eigenvalue weighted by atomic mass is 35.5. The van der Waals surface area contributed by atoms with Gasteiger partial charge in [-0.1, -0.05) is 36.8 Å². The Hall–Kier alpha value is -0.890. The van der Waals surface area contributed by atoms with Crippen molar-refractivity contribution in [3.8, 4) is 0 Å². The topological polar surface area (TPSA) is 38.0 Å². The number of hydrogen-bond acceptors (Lipinski definition) is 2.